The van der Waals surface area contributed by atoms with Gasteiger partial charge in [-0.05, 0) is 42.5 Å². The van der Waals surface area contributed by atoms with Crippen molar-refractivity contribution in [1.82, 2.24) is 9.97 Å². The Morgan fingerprint density at radius 2 is 1.79 bits per heavy atom. The Morgan fingerprint density at radius 3 is 2.55 bits per heavy atom. The number of nitrogens with zero attached hydrogens (tertiary/aromatic N) is 2. The molecule has 0 bridgehead atoms. The predicted octanol–water partition coefficient (Wildman–Crippen LogP) is 5.16. The van der Waals surface area contributed by atoms with Crippen LogP contribution < -0.4 is 15.4 Å². The van der Waals surface area contributed by atoms with Gasteiger partial charge in [0.2, 0.25) is 11.8 Å². The SMILES string of the molecule is C=CC(=O)Nc1cccc(Nc2cc(Oc3cccc(C(F)(F)F)c3)ncn2)c1. The first-order valence-corrected chi connectivity index (χ1v) is 8.31. The third-order valence-electron chi connectivity index (χ3n) is 3.61. The number of carbonyl (C=O) groups is 1. The molecule has 2 N–H and O–H groups in total. The van der Waals surface area contributed by atoms with E-state index in [1.54, 1.807) is 24.3 Å². The molecule has 2 aromatic carbocycles. The van der Waals surface area contributed by atoms with Crippen LogP contribution in [-0.4, -0.2) is 15.9 Å². The smallest absolute Gasteiger partial charge is 0.416 e. The maximum absolute atomic E-state index is 12.8. The normalized spacial score (nSPS) is 10.9. The molecule has 9 heteroatoms. The third kappa shape index (κ3) is 5.55. The van der Waals surface area contributed by atoms with Gasteiger partial charge >= 0.3 is 6.18 Å². The lowest BCUT2D eigenvalue weighted by atomic mass is 10.2. The van der Waals surface area contributed by atoms with Crippen molar-refractivity contribution >= 4 is 23.1 Å². The van der Waals surface area contributed by atoms with Gasteiger partial charge in [-0.15, -0.1) is 0 Å². The zero-order valence-corrected chi connectivity index (χ0v) is 14.9. The summed E-state index contributed by atoms with van der Waals surface area (Å²) in [6.07, 6.45) is -2.10. The highest BCUT2D eigenvalue weighted by atomic mass is 19.4. The zero-order valence-electron chi connectivity index (χ0n) is 14.9. The lowest BCUT2D eigenvalue weighted by molar-refractivity contribution is -0.137. The average molecular weight is 400 g/mol. The maximum atomic E-state index is 12.8. The van der Waals surface area contributed by atoms with Crippen LogP contribution in [0, 0.1) is 0 Å². The zero-order chi connectivity index (χ0) is 20.9. The number of aromatic nitrogens is 2. The highest BCUT2D eigenvalue weighted by Gasteiger charge is 2.30. The molecule has 0 fully saturated rings. The van der Waals surface area contributed by atoms with Gasteiger partial charge in [-0.25, -0.2) is 9.97 Å². The van der Waals surface area contributed by atoms with Crippen LogP contribution in [0.4, 0.5) is 30.4 Å². The van der Waals surface area contributed by atoms with E-state index in [1.165, 1.54) is 24.5 Å². The third-order valence-corrected chi connectivity index (χ3v) is 3.61. The van der Waals surface area contributed by atoms with Gasteiger partial charge in [-0.1, -0.05) is 18.7 Å². The van der Waals surface area contributed by atoms with E-state index in [-0.39, 0.29) is 17.5 Å². The molecule has 0 radical (unpaired) electrons. The topological polar surface area (TPSA) is 76.1 Å². The summed E-state index contributed by atoms with van der Waals surface area (Å²) in [5.41, 5.74) is 0.353. The minimum Gasteiger partial charge on any atom is -0.439 e. The fourth-order valence-corrected chi connectivity index (χ4v) is 2.34. The number of ether oxygens (including phenoxy) is 1. The summed E-state index contributed by atoms with van der Waals surface area (Å²) in [7, 11) is 0. The second kappa shape index (κ2) is 8.42. The molecule has 6 nitrogen and oxygen atoms in total. The number of anilines is 3. The summed E-state index contributed by atoms with van der Waals surface area (Å²) >= 11 is 0. The largest absolute Gasteiger partial charge is 0.439 e. The number of carbonyl (C=O) groups excluding carboxylic acids is 1. The van der Waals surface area contributed by atoms with E-state index in [4.69, 9.17) is 4.74 Å². The Bertz CT molecular complexity index is 1040. The minimum atomic E-state index is -4.47. The van der Waals surface area contributed by atoms with E-state index in [2.05, 4.69) is 27.2 Å². The fourth-order valence-electron chi connectivity index (χ4n) is 2.34. The van der Waals surface area contributed by atoms with E-state index >= 15 is 0 Å². The molecule has 0 aliphatic carbocycles. The molecule has 0 saturated heterocycles. The van der Waals surface area contributed by atoms with E-state index < -0.39 is 11.7 Å². The molecule has 0 atom stereocenters. The van der Waals surface area contributed by atoms with Crippen molar-refractivity contribution in [2.24, 2.45) is 0 Å². The standard InChI is InChI=1S/C20H15F3N4O2/c1-2-18(28)27-15-7-4-6-14(10-15)26-17-11-19(25-12-24-17)29-16-8-3-5-13(9-16)20(21,22)23/h2-12H,1H2,(H,27,28)(H,24,25,26). The molecule has 3 rings (SSSR count). The van der Waals surface area contributed by atoms with Crippen LogP contribution in [0.5, 0.6) is 11.6 Å². The number of alkyl halides is 3. The lowest BCUT2D eigenvalue weighted by Gasteiger charge is -2.11. The van der Waals surface area contributed by atoms with E-state index in [0.717, 1.165) is 18.2 Å². The van der Waals surface area contributed by atoms with Crippen molar-refractivity contribution in [3.05, 3.63) is 79.1 Å². The number of nitrogens with one attached hydrogen (secondary N) is 2. The number of hydrogen-bond donors (Lipinski definition) is 2. The Labute approximate surface area is 164 Å². The van der Waals surface area contributed by atoms with Crippen molar-refractivity contribution in [1.29, 1.82) is 0 Å². The van der Waals surface area contributed by atoms with Crippen molar-refractivity contribution in [3.63, 3.8) is 0 Å². The molecule has 1 heterocycles. The second-order valence-electron chi connectivity index (χ2n) is 5.77. The summed E-state index contributed by atoms with van der Waals surface area (Å²) in [5.74, 6) is 0.0756. The number of hydrogen-bond acceptors (Lipinski definition) is 5. The summed E-state index contributed by atoms with van der Waals surface area (Å²) in [5, 5.41) is 5.64. The van der Waals surface area contributed by atoms with Crippen LogP contribution in [0.3, 0.4) is 0 Å². The summed E-state index contributed by atoms with van der Waals surface area (Å²) in [6, 6.07) is 12.8. The molecule has 1 amide bonds. The number of amides is 1. The molecule has 1 aromatic heterocycles. The molecule has 29 heavy (non-hydrogen) atoms. The van der Waals surface area contributed by atoms with Crippen LogP contribution in [0.15, 0.2) is 73.6 Å². The van der Waals surface area contributed by atoms with Gasteiger partial charge in [-0.2, -0.15) is 13.2 Å². The van der Waals surface area contributed by atoms with Crippen LogP contribution in [0.25, 0.3) is 0 Å². The Kier molecular flexibility index (Phi) is 5.77. The second-order valence-corrected chi connectivity index (χ2v) is 5.77. The molecule has 0 spiro atoms. The molecule has 3 aromatic rings. The number of benzene rings is 2. The van der Waals surface area contributed by atoms with Gasteiger partial charge in [0.25, 0.3) is 0 Å². The summed E-state index contributed by atoms with van der Waals surface area (Å²) in [6.45, 7) is 3.39. The molecular weight excluding hydrogens is 385 g/mol. The van der Waals surface area contributed by atoms with Crippen LogP contribution in [-0.2, 0) is 11.0 Å². The van der Waals surface area contributed by atoms with Gasteiger partial charge < -0.3 is 15.4 Å². The predicted molar refractivity (Wildman–Crippen MR) is 102 cm³/mol. The number of halogens is 3. The van der Waals surface area contributed by atoms with Crippen molar-refractivity contribution < 1.29 is 22.7 Å². The minimum absolute atomic E-state index is 0.00129. The van der Waals surface area contributed by atoms with E-state index in [0.29, 0.717) is 17.2 Å². The first-order chi connectivity index (χ1) is 13.8. The molecule has 0 aliphatic heterocycles. The summed E-state index contributed by atoms with van der Waals surface area (Å²) in [4.78, 5) is 19.4. The van der Waals surface area contributed by atoms with Crippen LogP contribution in [0.2, 0.25) is 0 Å². The molecule has 148 valence electrons. The van der Waals surface area contributed by atoms with Gasteiger partial charge in [0.1, 0.15) is 17.9 Å². The quantitative estimate of drug-likeness (QED) is 0.559. The van der Waals surface area contributed by atoms with Gasteiger partial charge in [-0.3, -0.25) is 4.79 Å². The van der Waals surface area contributed by atoms with Gasteiger partial charge in [0, 0.05) is 17.4 Å². The van der Waals surface area contributed by atoms with E-state index in [1.807, 2.05) is 0 Å². The Hall–Kier alpha value is -3.88. The number of rotatable bonds is 6. The van der Waals surface area contributed by atoms with Crippen LogP contribution >= 0.6 is 0 Å². The van der Waals surface area contributed by atoms with Crippen molar-refractivity contribution in [2.75, 3.05) is 10.6 Å². The van der Waals surface area contributed by atoms with Gasteiger partial charge in [0.15, 0.2) is 0 Å². The van der Waals surface area contributed by atoms with Gasteiger partial charge in [0.05, 0.1) is 5.56 Å². The Morgan fingerprint density at radius 1 is 1.03 bits per heavy atom. The molecular formula is C20H15F3N4O2. The maximum Gasteiger partial charge on any atom is 0.416 e. The lowest BCUT2D eigenvalue weighted by Crippen LogP contribution is -2.07. The molecule has 0 saturated carbocycles. The van der Waals surface area contributed by atoms with Crippen molar-refractivity contribution in [2.45, 2.75) is 6.18 Å². The Balaban J connectivity index is 1.74. The molecule has 0 unspecified atom stereocenters. The molecule has 0 aliphatic rings. The fraction of sp³-hybridized carbons (Fsp3) is 0.0500. The van der Waals surface area contributed by atoms with Crippen molar-refractivity contribution in [3.8, 4) is 11.6 Å². The van der Waals surface area contributed by atoms with Crippen LogP contribution in [0.1, 0.15) is 5.56 Å². The first-order valence-electron chi connectivity index (χ1n) is 8.31. The first kappa shape index (κ1) is 19.9. The summed E-state index contributed by atoms with van der Waals surface area (Å²) < 4.78 is 43.9. The highest BCUT2D eigenvalue weighted by molar-refractivity contribution is 5.99. The van der Waals surface area contributed by atoms with E-state index in [9.17, 15) is 18.0 Å². The monoisotopic (exact) mass is 400 g/mol. The average Bonchev–Trinajstić information content (AvgIpc) is 2.68. The highest BCUT2D eigenvalue weighted by Crippen LogP contribution is 2.32.